The molecule has 0 bridgehead atoms. The van der Waals surface area contributed by atoms with E-state index in [4.69, 9.17) is 23.2 Å². The van der Waals surface area contributed by atoms with Gasteiger partial charge in [-0.2, -0.15) is 0 Å². The van der Waals surface area contributed by atoms with Crippen molar-refractivity contribution in [3.05, 3.63) is 57.8 Å². The average molecular weight is 256 g/mol. The Labute approximate surface area is 104 Å². The normalized spacial score (nSPS) is 12.8. The minimum Gasteiger partial charge on any atom is -0.382 e. The van der Waals surface area contributed by atoms with E-state index in [1.54, 1.807) is 18.2 Å². The van der Waals surface area contributed by atoms with E-state index in [1.165, 1.54) is 0 Å². The van der Waals surface area contributed by atoms with Crippen molar-refractivity contribution in [3.8, 4) is 0 Å². The molecule has 1 aromatic carbocycles. The highest BCUT2D eigenvalue weighted by Crippen LogP contribution is 2.27. The molecule has 0 unspecified atom stereocenters. The smallest absolute Gasteiger partial charge is 0.119 e. The molecule has 0 saturated carbocycles. The molecule has 0 spiro atoms. The second-order valence-corrected chi connectivity index (χ2v) is 4.52. The van der Waals surface area contributed by atoms with Crippen molar-refractivity contribution in [2.45, 2.75) is 6.10 Å². The fraction of sp³-hybridized carbons (Fsp3) is 0.167. The lowest BCUT2D eigenvalue weighted by atomic mass is 10.1. The molecule has 2 nitrogen and oxygen atoms in total. The number of benzene rings is 1. The van der Waals surface area contributed by atoms with Gasteiger partial charge in [-0.25, -0.2) is 0 Å². The molecule has 0 aliphatic carbocycles. The Bertz CT molecular complexity index is 487. The summed E-state index contributed by atoms with van der Waals surface area (Å²) >= 11 is 11.8. The zero-order valence-corrected chi connectivity index (χ0v) is 10.2. The molecule has 16 heavy (non-hydrogen) atoms. The standard InChI is InChI=1S/C12H11Cl2NO/c1-15-4-2-3-11(15)12(16)8-5-9(13)7-10(14)6-8/h2-7,12,16H,1H3/t12-/m0/s1. The number of halogens is 2. The van der Waals surface area contributed by atoms with E-state index in [0.717, 1.165) is 5.69 Å². The van der Waals surface area contributed by atoms with Gasteiger partial charge in [-0.05, 0) is 35.9 Å². The Morgan fingerprint density at radius 2 is 1.81 bits per heavy atom. The van der Waals surface area contributed by atoms with Crippen LogP contribution in [0.3, 0.4) is 0 Å². The first-order chi connectivity index (χ1) is 7.58. The van der Waals surface area contributed by atoms with Crippen LogP contribution < -0.4 is 0 Å². The Kier molecular flexibility index (Phi) is 3.24. The van der Waals surface area contributed by atoms with E-state index in [1.807, 2.05) is 29.9 Å². The van der Waals surface area contributed by atoms with Gasteiger partial charge in [-0.3, -0.25) is 0 Å². The summed E-state index contributed by atoms with van der Waals surface area (Å²) < 4.78 is 1.86. The second-order valence-electron chi connectivity index (χ2n) is 3.65. The largest absolute Gasteiger partial charge is 0.382 e. The van der Waals surface area contributed by atoms with E-state index in [0.29, 0.717) is 15.6 Å². The number of hydrogen-bond donors (Lipinski definition) is 1. The molecule has 0 aliphatic rings. The second kappa shape index (κ2) is 4.50. The SMILES string of the molecule is Cn1cccc1[C@@H](O)c1cc(Cl)cc(Cl)c1. The van der Waals surface area contributed by atoms with Gasteiger partial charge >= 0.3 is 0 Å². The van der Waals surface area contributed by atoms with E-state index in [-0.39, 0.29) is 0 Å². The maximum absolute atomic E-state index is 10.2. The lowest BCUT2D eigenvalue weighted by Gasteiger charge is -2.13. The minimum atomic E-state index is -0.712. The molecule has 1 heterocycles. The van der Waals surface area contributed by atoms with E-state index in [2.05, 4.69) is 0 Å². The molecule has 0 amide bonds. The molecule has 2 aromatic rings. The van der Waals surface area contributed by atoms with Crippen molar-refractivity contribution in [1.29, 1.82) is 0 Å². The van der Waals surface area contributed by atoms with Crippen LogP contribution in [0.5, 0.6) is 0 Å². The van der Waals surface area contributed by atoms with Crippen LogP contribution in [0.25, 0.3) is 0 Å². The van der Waals surface area contributed by atoms with Crippen molar-refractivity contribution in [2.75, 3.05) is 0 Å². The topological polar surface area (TPSA) is 25.2 Å². The van der Waals surface area contributed by atoms with Gasteiger partial charge in [0.2, 0.25) is 0 Å². The molecular weight excluding hydrogens is 245 g/mol. The molecule has 2 rings (SSSR count). The first-order valence-corrected chi connectivity index (χ1v) is 5.59. The summed E-state index contributed by atoms with van der Waals surface area (Å²) in [4.78, 5) is 0. The monoisotopic (exact) mass is 255 g/mol. The minimum absolute atomic E-state index is 0.524. The van der Waals surface area contributed by atoms with Crippen molar-refractivity contribution < 1.29 is 5.11 Å². The Balaban J connectivity index is 2.41. The molecule has 0 radical (unpaired) electrons. The first kappa shape index (κ1) is 11.5. The third-order valence-corrected chi connectivity index (χ3v) is 2.90. The number of aromatic nitrogens is 1. The van der Waals surface area contributed by atoms with Crippen LogP contribution in [-0.2, 0) is 7.05 Å². The number of aliphatic hydroxyl groups excluding tert-OH is 1. The van der Waals surface area contributed by atoms with Crippen molar-refractivity contribution in [3.63, 3.8) is 0 Å². The molecule has 0 saturated heterocycles. The number of aryl methyl sites for hydroxylation is 1. The van der Waals surface area contributed by atoms with Crippen LogP contribution in [0, 0.1) is 0 Å². The predicted octanol–water partition coefficient (Wildman–Crippen LogP) is 3.41. The maximum Gasteiger partial charge on any atom is 0.119 e. The summed E-state index contributed by atoms with van der Waals surface area (Å²) in [5.74, 6) is 0. The van der Waals surface area contributed by atoms with E-state index >= 15 is 0 Å². The maximum atomic E-state index is 10.2. The summed E-state index contributed by atoms with van der Waals surface area (Å²) in [6, 6.07) is 8.81. The Morgan fingerprint density at radius 1 is 1.19 bits per heavy atom. The summed E-state index contributed by atoms with van der Waals surface area (Å²) in [6.07, 6.45) is 1.17. The van der Waals surface area contributed by atoms with Gasteiger partial charge in [0.1, 0.15) is 6.10 Å². The molecule has 0 fully saturated rings. The van der Waals surface area contributed by atoms with Crippen LogP contribution in [0.4, 0.5) is 0 Å². The lowest BCUT2D eigenvalue weighted by Crippen LogP contribution is -2.05. The summed E-state index contributed by atoms with van der Waals surface area (Å²) in [5.41, 5.74) is 1.50. The van der Waals surface area contributed by atoms with Gasteiger partial charge in [0.05, 0.1) is 5.69 Å². The van der Waals surface area contributed by atoms with Crippen molar-refractivity contribution in [2.24, 2.45) is 7.05 Å². The van der Waals surface area contributed by atoms with Gasteiger partial charge in [-0.15, -0.1) is 0 Å². The summed E-state index contributed by atoms with van der Waals surface area (Å²) in [6.45, 7) is 0. The van der Waals surface area contributed by atoms with E-state index < -0.39 is 6.10 Å². The highest BCUT2D eigenvalue weighted by molar-refractivity contribution is 6.34. The average Bonchev–Trinajstić information content (AvgIpc) is 2.62. The third kappa shape index (κ3) is 2.24. The van der Waals surface area contributed by atoms with Crippen LogP contribution in [0.2, 0.25) is 10.0 Å². The number of hydrogen-bond acceptors (Lipinski definition) is 1. The molecule has 1 atom stereocenters. The molecule has 84 valence electrons. The summed E-state index contributed by atoms with van der Waals surface area (Å²) in [5, 5.41) is 11.2. The number of nitrogens with zero attached hydrogens (tertiary/aromatic N) is 1. The fourth-order valence-electron chi connectivity index (χ4n) is 1.66. The molecule has 0 aliphatic heterocycles. The molecule has 1 aromatic heterocycles. The fourth-order valence-corrected chi connectivity index (χ4v) is 2.21. The molecular formula is C12H11Cl2NO. The highest BCUT2D eigenvalue weighted by Gasteiger charge is 2.14. The van der Waals surface area contributed by atoms with Crippen molar-refractivity contribution in [1.82, 2.24) is 4.57 Å². The first-order valence-electron chi connectivity index (χ1n) is 4.83. The zero-order chi connectivity index (χ0) is 11.7. The molecule has 4 heteroatoms. The third-order valence-electron chi connectivity index (χ3n) is 2.46. The van der Waals surface area contributed by atoms with Gasteiger partial charge < -0.3 is 9.67 Å². The van der Waals surface area contributed by atoms with Crippen molar-refractivity contribution >= 4 is 23.2 Å². The Morgan fingerprint density at radius 3 is 2.31 bits per heavy atom. The van der Waals surface area contributed by atoms with Crippen LogP contribution in [0.1, 0.15) is 17.4 Å². The van der Waals surface area contributed by atoms with Crippen LogP contribution in [-0.4, -0.2) is 9.67 Å². The molecule has 1 N–H and O–H groups in total. The van der Waals surface area contributed by atoms with Gasteiger partial charge in [0.15, 0.2) is 0 Å². The predicted molar refractivity (Wildman–Crippen MR) is 65.9 cm³/mol. The highest BCUT2D eigenvalue weighted by atomic mass is 35.5. The number of rotatable bonds is 2. The zero-order valence-electron chi connectivity index (χ0n) is 8.69. The van der Waals surface area contributed by atoms with Gasteiger partial charge in [0, 0.05) is 23.3 Å². The van der Waals surface area contributed by atoms with Gasteiger partial charge in [-0.1, -0.05) is 23.2 Å². The lowest BCUT2D eigenvalue weighted by molar-refractivity contribution is 0.211. The van der Waals surface area contributed by atoms with Crippen LogP contribution in [0.15, 0.2) is 36.5 Å². The summed E-state index contributed by atoms with van der Waals surface area (Å²) in [7, 11) is 1.88. The van der Waals surface area contributed by atoms with Gasteiger partial charge in [0.25, 0.3) is 0 Å². The Hall–Kier alpha value is -0.960. The quantitative estimate of drug-likeness (QED) is 0.875. The van der Waals surface area contributed by atoms with E-state index in [9.17, 15) is 5.11 Å². The number of aliphatic hydroxyl groups is 1. The van der Waals surface area contributed by atoms with Crippen LogP contribution >= 0.6 is 23.2 Å².